The maximum atomic E-state index is 2.50. The van der Waals surface area contributed by atoms with E-state index in [1.807, 2.05) is 0 Å². The van der Waals surface area contributed by atoms with Crippen LogP contribution in [0.5, 0.6) is 0 Å². The van der Waals surface area contributed by atoms with Gasteiger partial charge in [-0.2, -0.15) is 0 Å². The highest BCUT2D eigenvalue weighted by atomic mass is 14.8. The minimum Gasteiger partial charge on any atom is -0.0651 e. The summed E-state index contributed by atoms with van der Waals surface area (Å²) in [6, 6.07) is 0. The van der Waals surface area contributed by atoms with Crippen LogP contribution in [0.2, 0.25) is 0 Å². The van der Waals surface area contributed by atoms with Crippen LogP contribution in [0.3, 0.4) is 0 Å². The van der Waals surface area contributed by atoms with Crippen LogP contribution in [0.15, 0.2) is 0 Å². The molecule has 0 N–H and O–H groups in total. The lowest BCUT2D eigenvalue weighted by Crippen LogP contribution is -2.23. The normalized spacial score (nSPS) is 42.5. The van der Waals surface area contributed by atoms with Gasteiger partial charge < -0.3 is 0 Å². The van der Waals surface area contributed by atoms with E-state index in [9.17, 15) is 0 Å². The summed E-state index contributed by atoms with van der Waals surface area (Å²) in [5, 5.41) is 0. The van der Waals surface area contributed by atoms with Crippen molar-refractivity contribution < 1.29 is 0 Å². The molecule has 2 saturated carbocycles. The standard InChI is InChI=1S/C13H24/c1-6-10(4)13(9(2)3)11(5)12(13)7-8-12/h9-11H,6-8H2,1-5H3. The van der Waals surface area contributed by atoms with Gasteiger partial charge in [0.15, 0.2) is 0 Å². The Morgan fingerprint density at radius 3 is 2.00 bits per heavy atom. The Kier molecular flexibility index (Phi) is 1.85. The van der Waals surface area contributed by atoms with Crippen molar-refractivity contribution in [3.8, 4) is 0 Å². The molecule has 2 aliphatic rings. The van der Waals surface area contributed by atoms with Crippen molar-refractivity contribution in [3.05, 3.63) is 0 Å². The molecule has 0 bridgehead atoms. The second-order valence-corrected chi connectivity index (χ2v) is 5.77. The monoisotopic (exact) mass is 180 g/mol. The summed E-state index contributed by atoms with van der Waals surface area (Å²) in [6.45, 7) is 12.2. The van der Waals surface area contributed by atoms with Crippen LogP contribution in [0, 0.1) is 28.6 Å². The Labute approximate surface area is 83.1 Å². The highest BCUT2D eigenvalue weighted by Crippen LogP contribution is 2.87. The average Bonchev–Trinajstić information content (AvgIpc) is 2.93. The van der Waals surface area contributed by atoms with Crippen molar-refractivity contribution in [2.75, 3.05) is 0 Å². The highest BCUT2D eigenvalue weighted by Gasteiger charge is 2.81. The van der Waals surface area contributed by atoms with Gasteiger partial charge in [-0.05, 0) is 41.4 Å². The largest absolute Gasteiger partial charge is 0.0651 e. The van der Waals surface area contributed by atoms with E-state index in [1.54, 1.807) is 0 Å². The van der Waals surface area contributed by atoms with Gasteiger partial charge in [-0.25, -0.2) is 0 Å². The van der Waals surface area contributed by atoms with Crippen molar-refractivity contribution in [1.82, 2.24) is 0 Å². The van der Waals surface area contributed by atoms with E-state index in [-0.39, 0.29) is 0 Å². The van der Waals surface area contributed by atoms with Crippen LogP contribution in [0.4, 0.5) is 0 Å². The van der Waals surface area contributed by atoms with Crippen LogP contribution in [0.1, 0.15) is 53.9 Å². The van der Waals surface area contributed by atoms with Gasteiger partial charge in [0.1, 0.15) is 0 Å². The summed E-state index contributed by atoms with van der Waals surface area (Å²) in [5.41, 5.74) is 1.54. The highest BCUT2D eigenvalue weighted by molar-refractivity contribution is 5.28. The molecule has 2 aliphatic carbocycles. The van der Waals surface area contributed by atoms with E-state index in [0.717, 1.165) is 28.6 Å². The van der Waals surface area contributed by atoms with Crippen molar-refractivity contribution in [3.63, 3.8) is 0 Å². The molecule has 0 amide bonds. The third-order valence-corrected chi connectivity index (χ3v) is 5.50. The lowest BCUT2D eigenvalue weighted by atomic mass is 9.76. The maximum absolute atomic E-state index is 2.50. The van der Waals surface area contributed by atoms with Crippen LogP contribution in [-0.2, 0) is 0 Å². The zero-order valence-electron chi connectivity index (χ0n) is 9.85. The summed E-state index contributed by atoms with van der Waals surface area (Å²) in [6.07, 6.45) is 4.41. The van der Waals surface area contributed by atoms with E-state index in [4.69, 9.17) is 0 Å². The van der Waals surface area contributed by atoms with Gasteiger partial charge in [0, 0.05) is 0 Å². The van der Waals surface area contributed by atoms with Crippen molar-refractivity contribution >= 4 is 0 Å². The summed E-state index contributed by atoms with van der Waals surface area (Å²) in [5.74, 6) is 2.83. The van der Waals surface area contributed by atoms with Crippen LogP contribution in [-0.4, -0.2) is 0 Å². The molecule has 0 aromatic carbocycles. The summed E-state index contributed by atoms with van der Waals surface area (Å²) >= 11 is 0. The van der Waals surface area contributed by atoms with Crippen LogP contribution in [0.25, 0.3) is 0 Å². The van der Waals surface area contributed by atoms with Gasteiger partial charge in [-0.3, -0.25) is 0 Å². The fourth-order valence-electron chi connectivity index (χ4n) is 4.78. The number of hydrogen-bond acceptors (Lipinski definition) is 0. The molecule has 0 saturated heterocycles. The second-order valence-electron chi connectivity index (χ2n) is 5.77. The SMILES string of the molecule is CCC(C)C1(C(C)C)C(C)C12CC2. The Balaban J connectivity index is 2.25. The molecule has 0 aromatic rings. The zero-order chi connectivity index (χ0) is 9.85. The Hall–Kier alpha value is 0. The Bertz CT molecular complexity index is 212. The minimum absolute atomic E-state index is 0.724. The van der Waals surface area contributed by atoms with E-state index < -0.39 is 0 Å². The molecule has 0 heteroatoms. The van der Waals surface area contributed by atoms with E-state index >= 15 is 0 Å². The zero-order valence-corrected chi connectivity index (χ0v) is 9.85. The molecule has 13 heavy (non-hydrogen) atoms. The minimum atomic E-state index is 0.724. The summed E-state index contributed by atoms with van der Waals surface area (Å²) in [7, 11) is 0. The fraction of sp³-hybridized carbons (Fsp3) is 1.00. The molecule has 0 radical (unpaired) electrons. The molecular formula is C13H24. The molecular weight excluding hydrogens is 156 g/mol. The lowest BCUT2D eigenvalue weighted by Gasteiger charge is -2.29. The van der Waals surface area contributed by atoms with E-state index in [0.29, 0.717) is 0 Å². The van der Waals surface area contributed by atoms with Gasteiger partial charge in [0.25, 0.3) is 0 Å². The number of hydrogen-bond donors (Lipinski definition) is 0. The maximum Gasteiger partial charge on any atom is -0.0158 e. The van der Waals surface area contributed by atoms with Gasteiger partial charge >= 0.3 is 0 Å². The first kappa shape index (κ1) is 9.55. The summed E-state index contributed by atoms with van der Waals surface area (Å²) < 4.78 is 0. The first-order chi connectivity index (χ1) is 6.04. The van der Waals surface area contributed by atoms with E-state index in [2.05, 4.69) is 34.6 Å². The van der Waals surface area contributed by atoms with Crippen molar-refractivity contribution in [2.24, 2.45) is 28.6 Å². The van der Waals surface area contributed by atoms with Gasteiger partial charge in [-0.1, -0.05) is 41.0 Å². The first-order valence-electron chi connectivity index (χ1n) is 6.04. The molecule has 0 aromatic heterocycles. The second kappa shape index (κ2) is 2.52. The van der Waals surface area contributed by atoms with Gasteiger partial charge in [-0.15, -0.1) is 0 Å². The molecule has 3 atom stereocenters. The van der Waals surface area contributed by atoms with Crippen molar-refractivity contribution in [2.45, 2.75) is 53.9 Å². The Morgan fingerprint density at radius 2 is 1.77 bits per heavy atom. The smallest absolute Gasteiger partial charge is 0.0158 e. The van der Waals surface area contributed by atoms with Crippen molar-refractivity contribution in [1.29, 1.82) is 0 Å². The molecule has 0 aliphatic heterocycles. The Morgan fingerprint density at radius 1 is 1.23 bits per heavy atom. The lowest BCUT2D eigenvalue weighted by molar-refractivity contribution is 0.191. The molecule has 0 heterocycles. The van der Waals surface area contributed by atoms with Gasteiger partial charge in [0.05, 0.1) is 0 Å². The average molecular weight is 180 g/mol. The molecule has 76 valence electrons. The first-order valence-corrected chi connectivity index (χ1v) is 6.04. The van der Waals surface area contributed by atoms with Crippen LogP contribution >= 0.6 is 0 Å². The van der Waals surface area contributed by atoms with Crippen LogP contribution < -0.4 is 0 Å². The fourth-order valence-corrected chi connectivity index (χ4v) is 4.78. The van der Waals surface area contributed by atoms with Gasteiger partial charge in [0.2, 0.25) is 0 Å². The summed E-state index contributed by atoms with van der Waals surface area (Å²) in [4.78, 5) is 0. The molecule has 2 rings (SSSR count). The predicted molar refractivity (Wildman–Crippen MR) is 57.6 cm³/mol. The molecule has 3 unspecified atom stereocenters. The number of rotatable bonds is 3. The quantitative estimate of drug-likeness (QED) is 0.613. The third-order valence-electron chi connectivity index (χ3n) is 5.50. The van der Waals surface area contributed by atoms with E-state index in [1.165, 1.54) is 19.3 Å². The third kappa shape index (κ3) is 0.831. The topological polar surface area (TPSA) is 0 Å². The molecule has 0 nitrogen and oxygen atoms in total. The predicted octanol–water partition coefficient (Wildman–Crippen LogP) is 4.10. The molecule has 1 spiro atoms. The molecule has 2 fully saturated rings.